The third-order valence-electron chi connectivity index (χ3n) is 10.9. The van der Waals surface area contributed by atoms with Gasteiger partial charge in [-0.3, -0.25) is 0 Å². The zero-order chi connectivity index (χ0) is 35.3. The van der Waals surface area contributed by atoms with E-state index in [1.807, 2.05) is 22.7 Å². The van der Waals surface area contributed by atoms with E-state index in [0.717, 1.165) is 22.9 Å². The predicted molar refractivity (Wildman–Crippen MR) is 229 cm³/mol. The molecule has 50 heavy (non-hydrogen) atoms. The lowest BCUT2D eigenvalue weighted by Crippen LogP contribution is -2.05. The van der Waals surface area contributed by atoms with Crippen LogP contribution in [0.3, 0.4) is 0 Å². The molecule has 0 amide bonds. The molecule has 2 N–H and O–H groups in total. The Bertz CT molecular complexity index is 1590. The Morgan fingerprint density at radius 1 is 0.540 bits per heavy atom. The molecule has 5 rings (SSSR count). The Morgan fingerprint density at radius 3 is 1.34 bits per heavy atom. The van der Waals surface area contributed by atoms with Gasteiger partial charge >= 0.3 is 0 Å². The summed E-state index contributed by atoms with van der Waals surface area (Å²) in [7, 11) is 0. The molecule has 0 radical (unpaired) electrons. The molecule has 276 valence electrons. The average Bonchev–Trinajstić information content (AvgIpc) is 3.93. The quantitative estimate of drug-likeness (QED) is 0.0551. The summed E-state index contributed by atoms with van der Waals surface area (Å²) in [5.41, 5.74) is 9.99. The largest absolute Gasteiger partial charge is 0.309 e. The molecular weight excluding hydrogens is 689 g/mol. The van der Waals surface area contributed by atoms with E-state index in [9.17, 15) is 0 Å². The predicted octanol–water partition coefficient (Wildman–Crippen LogP) is 15.6. The lowest BCUT2D eigenvalue weighted by molar-refractivity contribution is 0.404. The Labute approximate surface area is 321 Å². The molecule has 0 aliphatic carbocycles. The van der Waals surface area contributed by atoms with Gasteiger partial charge in [0.15, 0.2) is 0 Å². The van der Waals surface area contributed by atoms with Gasteiger partial charge in [-0.25, -0.2) is 0 Å². The zero-order valence-corrected chi connectivity index (χ0v) is 35.2. The van der Waals surface area contributed by atoms with Gasteiger partial charge in [-0.05, 0) is 61.8 Å². The van der Waals surface area contributed by atoms with Crippen molar-refractivity contribution >= 4 is 68.9 Å². The van der Waals surface area contributed by atoms with Crippen LogP contribution >= 0.6 is 46.5 Å². The number of aryl methyl sites for hydroxylation is 2. The third kappa shape index (κ3) is 10.3. The number of hydrogen-bond acceptors (Lipinski definition) is 8. The van der Waals surface area contributed by atoms with Crippen LogP contribution in [0.15, 0.2) is 12.1 Å². The van der Waals surface area contributed by atoms with Crippen molar-refractivity contribution in [1.29, 1.82) is 0 Å². The number of anilines is 2. The molecule has 1 aromatic carbocycles. The molecule has 8 heteroatoms. The zero-order valence-electron chi connectivity index (χ0n) is 32.0. The molecule has 0 bridgehead atoms. The van der Waals surface area contributed by atoms with Crippen molar-refractivity contribution in [3.8, 4) is 20.9 Å². The summed E-state index contributed by atoms with van der Waals surface area (Å²) < 4.78 is 17.3. The van der Waals surface area contributed by atoms with Crippen LogP contribution in [0, 0.1) is 25.7 Å². The van der Waals surface area contributed by atoms with E-state index in [1.54, 1.807) is 17.7 Å². The molecule has 0 spiro atoms. The normalized spacial score (nSPS) is 13.3. The molecule has 4 heterocycles. The minimum Gasteiger partial charge on any atom is -0.309 e. The minimum absolute atomic E-state index is 0.779. The van der Waals surface area contributed by atoms with E-state index >= 15 is 0 Å². The van der Waals surface area contributed by atoms with Crippen molar-refractivity contribution in [2.24, 2.45) is 11.8 Å². The van der Waals surface area contributed by atoms with Gasteiger partial charge in [-0.2, -0.15) is 8.75 Å². The fourth-order valence-corrected chi connectivity index (χ4v) is 11.3. The maximum atomic E-state index is 5.00. The van der Waals surface area contributed by atoms with Gasteiger partial charge in [0.2, 0.25) is 0 Å². The highest BCUT2D eigenvalue weighted by molar-refractivity contribution is 8.02. The first-order chi connectivity index (χ1) is 24.5. The maximum absolute atomic E-state index is 5.00. The van der Waals surface area contributed by atoms with Gasteiger partial charge in [0.05, 0.1) is 35.2 Å². The Hall–Kier alpha value is -1.61. The Kier molecular flexibility index (Phi) is 16.3. The van der Waals surface area contributed by atoms with Crippen molar-refractivity contribution < 1.29 is 0 Å². The molecule has 4 nitrogen and oxygen atoms in total. The third-order valence-corrected chi connectivity index (χ3v) is 14.3. The van der Waals surface area contributed by atoms with Crippen LogP contribution < -0.4 is 9.44 Å². The van der Waals surface area contributed by atoms with Crippen LogP contribution in [0.25, 0.3) is 31.9 Å². The average molecular weight is 753 g/mol. The number of rotatable bonds is 24. The smallest absolute Gasteiger partial charge is 0.116 e. The summed E-state index contributed by atoms with van der Waals surface area (Å²) >= 11 is 6.84. The number of thiophene rings is 2. The highest BCUT2D eigenvalue weighted by Crippen LogP contribution is 2.54. The van der Waals surface area contributed by atoms with Crippen molar-refractivity contribution in [3.63, 3.8) is 0 Å². The molecule has 4 aromatic rings. The van der Waals surface area contributed by atoms with Crippen LogP contribution in [0.2, 0.25) is 0 Å². The fourth-order valence-electron chi connectivity index (χ4n) is 7.90. The molecule has 1 aliphatic rings. The molecular formula is C42H64N4S4. The van der Waals surface area contributed by atoms with Gasteiger partial charge < -0.3 is 9.44 Å². The van der Waals surface area contributed by atoms with E-state index in [1.165, 1.54) is 188 Å². The van der Waals surface area contributed by atoms with Crippen molar-refractivity contribution in [1.82, 2.24) is 8.75 Å². The molecule has 1 aliphatic heterocycles. The highest BCUT2D eigenvalue weighted by atomic mass is 32.2. The van der Waals surface area contributed by atoms with E-state index in [4.69, 9.17) is 8.75 Å². The number of benzene rings is 1. The maximum Gasteiger partial charge on any atom is 0.116 e. The number of nitrogens with one attached hydrogen (secondary N) is 2. The summed E-state index contributed by atoms with van der Waals surface area (Å²) in [6, 6.07) is 5.01. The molecule has 0 saturated heterocycles. The van der Waals surface area contributed by atoms with E-state index < -0.39 is 0 Å². The molecule has 0 saturated carbocycles. The standard InChI is InChI=1S/C42H64N4S4/c1-7-11-15-18-22-31(21-14-10-4)25-33-27-35(47-29(33)5)37-39-41(45-49-43-39)38(42-40(37)44-50-46-42)36-28-34(30(6)48-36)26-32(23-19-16-12-8-2)24-20-17-13-9-3/h27-28,31-32,43,45H,7-26H2,1-6H3. The Morgan fingerprint density at radius 2 is 0.940 bits per heavy atom. The van der Waals surface area contributed by atoms with Gasteiger partial charge in [-0.15, -0.1) is 22.7 Å². The lowest BCUT2D eigenvalue weighted by atomic mass is 9.88. The molecule has 1 atom stereocenters. The first-order valence-electron chi connectivity index (χ1n) is 20.2. The van der Waals surface area contributed by atoms with Crippen LogP contribution in [0.1, 0.15) is 164 Å². The van der Waals surface area contributed by atoms with Gasteiger partial charge in [-0.1, -0.05) is 143 Å². The van der Waals surface area contributed by atoms with Crippen molar-refractivity contribution in [3.05, 3.63) is 33.0 Å². The van der Waals surface area contributed by atoms with E-state index in [-0.39, 0.29) is 0 Å². The number of fused-ring (bicyclic) bond motifs is 2. The van der Waals surface area contributed by atoms with Crippen LogP contribution in [0.4, 0.5) is 11.4 Å². The summed E-state index contributed by atoms with van der Waals surface area (Å²) in [6.07, 6.45) is 26.7. The Balaban J connectivity index is 1.42. The first kappa shape index (κ1) is 39.6. The van der Waals surface area contributed by atoms with Gasteiger partial charge in [0, 0.05) is 30.6 Å². The molecule has 1 unspecified atom stereocenters. The van der Waals surface area contributed by atoms with Crippen molar-refractivity contribution in [2.75, 3.05) is 9.44 Å². The van der Waals surface area contributed by atoms with E-state index in [2.05, 4.69) is 63.1 Å². The first-order valence-corrected chi connectivity index (χ1v) is 23.4. The topological polar surface area (TPSA) is 49.8 Å². The SMILES string of the molecule is CCCCCCC(CCCC)Cc1cc(-c2c3c(c(-c4cc(CC(CCCCCC)CCCCCC)c(C)s4)c4nsnc24)NSN3)sc1C. The summed E-state index contributed by atoms with van der Waals surface area (Å²) in [5.74, 6) is 1.56. The summed E-state index contributed by atoms with van der Waals surface area (Å²) in [4.78, 5) is 5.58. The van der Waals surface area contributed by atoms with Crippen molar-refractivity contribution in [2.45, 2.75) is 170 Å². The summed E-state index contributed by atoms with van der Waals surface area (Å²) in [6.45, 7) is 14.0. The second kappa shape index (κ2) is 20.6. The fraction of sp³-hybridized carbons (Fsp3) is 0.667. The monoisotopic (exact) mass is 752 g/mol. The number of hydrogen-bond donors (Lipinski definition) is 2. The summed E-state index contributed by atoms with van der Waals surface area (Å²) in [5, 5.41) is 0. The molecule has 3 aromatic heterocycles. The lowest BCUT2D eigenvalue weighted by Gasteiger charge is -2.17. The van der Waals surface area contributed by atoms with Gasteiger partial charge in [0.1, 0.15) is 11.0 Å². The number of aromatic nitrogens is 2. The van der Waals surface area contributed by atoms with Crippen LogP contribution in [0.5, 0.6) is 0 Å². The molecule has 0 fully saturated rings. The van der Waals surface area contributed by atoms with Crippen LogP contribution in [-0.2, 0) is 12.8 Å². The minimum atomic E-state index is 0.779. The number of nitrogens with zero attached hydrogens (tertiary/aromatic N) is 2. The second-order valence-electron chi connectivity index (χ2n) is 15.0. The highest BCUT2D eigenvalue weighted by Gasteiger charge is 2.30. The second-order valence-corrected chi connectivity index (χ2v) is 18.6. The van der Waals surface area contributed by atoms with E-state index in [0.29, 0.717) is 0 Å². The number of unbranched alkanes of at least 4 members (excludes halogenated alkanes) is 10. The van der Waals surface area contributed by atoms with Crippen LogP contribution in [-0.4, -0.2) is 8.75 Å². The van der Waals surface area contributed by atoms with Gasteiger partial charge in [0.25, 0.3) is 0 Å².